The first kappa shape index (κ1) is 17.7. The Hall–Kier alpha value is -3.12. The molecule has 0 unspecified atom stereocenters. The monoisotopic (exact) mass is 372 g/mol. The summed E-state index contributed by atoms with van der Waals surface area (Å²) in [5.74, 6) is -1.31. The van der Waals surface area contributed by atoms with Gasteiger partial charge in [-0.1, -0.05) is 35.9 Å². The molecular weight excluding hydrogens is 359 g/mol. The third kappa shape index (κ3) is 4.10. The van der Waals surface area contributed by atoms with E-state index < -0.39 is 17.3 Å². The van der Waals surface area contributed by atoms with Crippen LogP contribution in [0.3, 0.4) is 0 Å². The van der Waals surface area contributed by atoms with Gasteiger partial charge >= 0.3 is 0 Å². The fraction of sp³-hybridized carbons (Fsp3) is 0.0526. The number of nitrogens with zero attached hydrogens (tertiary/aromatic N) is 1. The van der Waals surface area contributed by atoms with E-state index in [1.54, 1.807) is 30.3 Å². The van der Waals surface area contributed by atoms with Gasteiger partial charge in [-0.2, -0.15) is 4.73 Å². The van der Waals surface area contributed by atoms with Crippen molar-refractivity contribution in [2.24, 2.45) is 0 Å². The van der Waals surface area contributed by atoms with Crippen LogP contribution >= 0.6 is 11.6 Å². The second kappa shape index (κ2) is 7.84. The fourth-order valence-corrected chi connectivity index (χ4v) is 2.49. The van der Waals surface area contributed by atoms with Crippen LogP contribution in [-0.2, 0) is 6.61 Å². The van der Waals surface area contributed by atoms with Crippen LogP contribution in [0.5, 0.6) is 0 Å². The number of nitrogens with one attached hydrogen (secondary N) is 1. The molecule has 0 aliphatic rings. The number of carbonyl (C=O) groups is 1. The van der Waals surface area contributed by atoms with Gasteiger partial charge in [-0.3, -0.25) is 9.59 Å². The number of hydrogen-bond donors (Lipinski definition) is 1. The molecule has 1 heterocycles. The van der Waals surface area contributed by atoms with Gasteiger partial charge in [-0.05, 0) is 42.0 Å². The first-order valence-electron chi connectivity index (χ1n) is 7.70. The zero-order valence-electron chi connectivity index (χ0n) is 13.5. The summed E-state index contributed by atoms with van der Waals surface area (Å²) in [5, 5.41) is 2.93. The molecule has 0 aliphatic carbocycles. The Labute approximate surface area is 153 Å². The molecule has 3 aromatic rings. The minimum Gasteiger partial charge on any atom is -0.406 e. The molecule has 0 atom stereocenters. The minimum absolute atomic E-state index is 0.00727. The number of carbonyl (C=O) groups excluding carboxylic acids is 1. The number of anilines is 1. The number of pyridine rings is 1. The van der Waals surface area contributed by atoms with E-state index in [-0.39, 0.29) is 17.9 Å². The number of halogens is 2. The zero-order valence-corrected chi connectivity index (χ0v) is 14.2. The van der Waals surface area contributed by atoms with E-state index in [0.717, 1.165) is 10.3 Å². The predicted octanol–water partition coefficient (Wildman–Crippen LogP) is 3.52. The average molecular weight is 373 g/mol. The summed E-state index contributed by atoms with van der Waals surface area (Å²) in [6.45, 7) is 0.0961. The van der Waals surface area contributed by atoms with E-state index in [4.69, 9.17) is 16.4 Å². The van der Waals surface area contributed by atoms with Crippen molar-refractivity contribution in [2.75, 3.05) is 5.32 Å². The lowest BCUT2D eigenvalue weighted by Crippen LogP contribution is -2.32. The zero-order chi connectivity index (χ0) is 18.5. The molecule has 132 valence electrons. The molecular formula is C19H14ClFN2O3. The maximum Gasteiger partial charge on any atom is 0.295 e. The van der Waals surface area contributed by atoms with Crippen LogP contribution in [0.25, 0.3) is 0 Å². The van der Waals surface area contributed by atoms with E-state index in [2.05, 4.69) is 5.32 Å². The summed E-state index contributed by atoms with van der Waals surface area (Å²) in [4.78, 5) is 30.2. The average Bonchev–Trinajstić information content (AvgIpc) is 2.63. The molecule has 0 saturated heterocycles. The van der Waals surface area contributed by atoms with Gasteiger partial charge in [-0.15, -0.1) is 0 Å². The Morgan fingerprint density at radius 2 is 1.92 bits per heavy atom. The molecule has 0 radical (unpaired) electrons. The number of amides is 1. The number of para-hydroxylation sites is 1. The molecule has 7 heteroatoms. The maximum atomic E-state index is 13.7. The van der Waals surface area contributed by atoms with Crippen molar-refractivity contribution in [3.05, 3.63) is 99.2 Å². The molecule has 2 aromatic carbocycles. The highest BCUT2D eigenvalue weighted by molar-refractivity contribution is 6.30. The van der Waals surface area contributed by atoms with Gasteiger partial charge in [0, 0.05) is 11.2 Å². The van der Waals surface area contributed by atoms with Crippen LogP contribution in [-0.4, -0.2) is 10.6 Å². The van der Waals surface area contributed by atoms with Gasteiger partial charge in [-0.25, -0.2) is 4.39 Å². The van der Waals surface area contributed by atoms with Crippen molar-refractivity contribution in [1.82, 2.24) is 4.73 Å². The van der Waals surface area contributed by atoms with Crippen LogP contribution in [0.15, 0.2) is 71.7 Å². The lowest BCUT2D eigenvalue weighted by molar-refractivity contribution is 0.0863. The SMILES string of the molecule is O=C(Nc1ccccc1F)c1cccn(OCc2cccc(Cl)c2)c1=O. The molecule has 0 aliphatic heterocycles. The molecule has 5 nitrogen and oxygen atoms in total. The largest absolute Gasteiger partial charge is 0.406 e. The van der Waals surface area contributed by atoms with E-state index >= 15 is 0 Å². The van der Waals surface area contributed by atoms with E-state index in [1.807, 2.05) is 0 Å². The minimum atomic E-state index is -0.721. The summed E-state index contributed by atoms with van der Waals surface area (Å²) in [7, 11) is 0. The van der Waals surface area contributed by atoms with Gasteiger partial charge in [0.05, 0.1) is 5.69 Å². The van der Waals surface area contributed by atoms with Gasteiger partial charge in [0.15, 0.2) is 0 Å². The molecule has 0 fully saturated rings. The standard InChI is InChI=1S/C19H14ClFN2O3/c20-14-6-3-5-13(11-14)12-26-23-10-4-7-15(19(23)25)18(24)22-17-9-2-1-8-16(17)21/h1-11H,12H2,(H,22,24). The molecule has 3 rings (SSSR count). The third-order valence-electron chi connectivity index (χ3n) is 3.54. The van der Waals surface area contributed by atoms with Crippen molar-refractivity contribution >= 4 is 23.2 Å². The first-order valence-corrected chi connectivity index (χ1v) is 8.07. The van der Waals surface area contributed by atoms with Crippen LogP contribution in [0.1, 0.15) is 15.9 Å². The molecule has 1 aromatic heterocycles. The summed E-state index contributed by atoms with van der Waals surface area (Å²) in [6, 6.07) is 15.5. The lowest BCUT2D eigenvalue weighted by Gasteiger charge is -2.10. The summed E-state index contributed by atoms with van der Waals surface area (Å²) in [6.07, 6.45) is 1.40. The Morgan fingerprint density at radius 3 is 2.69 bits per heavy atom. The van der Waals surface area contributed by atoms with Gasteiger partial charge in [0.2, 0.25) is 0 Å². The van der Waals surface area contributed by atoms with Crippen molar-refractivity contribution in [1.29, 1.82) is 0 Å². The number of hydrogen-bond acceptors (Lipinski definition) is 3. The summed E-state index contributed by atoms with van der Waals surface area (Å²) < 4.78 is 14.6. The quantitative estimate of drug-likeness (QED) is 0.745. The lowest BCUT2D eigenvalue weighted by atomic mass is 10.2. The van der Waals surface area contributed by atoms with Gasteiger partial charge in [0.1, 0.15) is 18.0 Å². The highest BCUT2D eigenvalue weighted by Gasteiger charge is 2.14. The topological polar surface area (TPSA) is 60.3 Å². The molecule has 0 saturated carbocycles. The Bertz CT molecular complexity index is 1000. The third-order valence-corrected chi connectivity index (χ3v) is 3.78. The van der Waals surface area contributed by atoms with Crippen molar-refractivity contribution < 1.29 is 14.0 Å². The number of aromatic nitrogens is 1. The normalized spacial score (nSPS) is 10.4. The molecule has 0 spiro atoms. The van der Waals surface area contributed by atoms with Crippen molar-refractivity contribution in [2.45, 2.75) is 6.61 Å². The molecule has 26 heavy (non-hydrogen) atoms. The van der Waals surface area contributed by atoms with E-state index in [0.29, 0.717) is 5.02 Å². The second-order valence-electron chi connectivity index (χ2n) is 5.39. The van der Waals surface area contributed by atoms with Crippen LogP contribution < -0.4 is 15.7 Å². The highest BCUT2D eigenvalue weighted by Crippen LogP contribution is 2.13. The Kier molecular flexibility index (Phi) is 5.34. The highest BCUT2D eigenvalue weighted by atomic mass is 35.5. The fourth-order valence-electron chi connectivity index (χ4n) is 2.27. The Morgan fingerprint density at radius 1 is 1.12 bits per heavy atom. The molecule has 0 bridgehead atoms. The first-order chi connectivity index (χ1) is 12.5. The van der Waals surface area contributed by atoms with Crippen LogP contribution in [0, 0.1) is 5.82 Å². The van der Waals surface area contributed by atoms with Crippen molar-refractivity contribution in [3.63, 3.8) is 0 Å². The maximum absolute atomic E-state index is 13.7. The van der Waals surface area contributed by atoms with E-state index in [9.17, 15) is 14.0 Å². The number of benzene rings is 2. The number of rotatable bonds is 5. The molecule has 1 N–H and O–H groups in total. The van der Waals surface area contributed by atoms with Gasteiger partial charge < -0.3 is 10.2 Å². The molecule has 1 amide bonds. The van der Waals surface area contributed by atoms with Gasteiger partial charge in [0.25, 0.3) is 11.5 Å². The summed E-state index contributed by atoms with van der Waals surface area (Å²) >= 11 is 5.91. The summed E-state index contributed by atoms with van der Waals surface area (Å²) in [5.41, 5.74) is -0.0528. The predicted molar refractivity (Wildman–Crippen MR) is 96.8 cm³/mol. The smallest absolute Gasteiger partial charge is 0.295 e. The van der Waals surface area contributed by atoms with Crippen LogP contribution in [0.4, 0.5) is 10.1 Å². The second-order valence-corrected chi connectivity index (χ2v) is 5.83. The van der Waals surface area contributed by atoms with Crippen LogP contribution in [0.2, 0.25) is 5.02 Å². The van der Waals surface area contributed by atoms with Crippen molar-refractivity contribution in [3.8, 4) is 0 Å². The Balaban J connectivity index is 1.77. The van der Waals surface area contributed by atoms with E-state index in [1.165, 1.54) is 36.5 Å².